The van der Waals surface area contributed by atoms with Gasteiger partial charge in [-0.25, -0.2) is 4.98 Å². The van der Waals surface area contributed by atoms with E-state index in [0.717, 1.165) is 11.5 Å². The highest BCUT2D eigenvalue weighted by Gasteiger charge is 2.28. The lowest BCUT2D eigenvalue weighted by Crippen LogP contribution is -2.49. The molecule has 2 aromatic heterocycles. The number of hydrogen-bond acceptors (Lipinski definition) is 9. The number of nitro benzene ring substituents is 1. The Bertz CT molecular complexity index is 1200. The van der Waals surface area contributed by atoms with Gasteiger partial charge in [-0.3, -0.25) is 14.9 Å². The fraction of sp³-hybridized carbons (Fsp3) is 0.429. The largest absolute Gasteiger partial charge is 0.378 e. The van der Waals surface area contributed by atoms with Crippen molar-refractivity contribution < 1.29 is 14.5 Å². The molecule has 2 aliphatic heterocycles. The van der Waals surface area contributed by atoms with Gasteiger partial charge in [0.05, 0.1) is 29.4 Å². The lowest BCUT2D eigenvalue weighted by atomic mass is 10.1. The van der Waals surface area contributed by atoms with E-state index in [-0.39, 0.29) is 11.6 Å². The normalized spacial score (nSPS) is 16.9. The maximum atomic E-state index is 13.5. The zero-order chi connectivity index (χ0) is 22.9. The summed E-state index contributed by atoms with van der Waals surface area (Å²) in [6.07, 6.45) is 1.47. The van der Waals surface area contributed by atoms with Crippen LogP contribution in [0, 0.1) is 17.0 Å². The monoisotopic (exact) mass is 452 g/mol. The van der Waals surface area contributed by atoms with Crippen LogP contribution in [0.5, 0.6) is 0 Å². The number of aryl methyl sites for hydroxylation is 1. The summed E-state index contributed by atoms with van der Waals surface area (Å²) in [5.41, 5.74) is 1.83. The Hall–Kier alpha value is -3.80. The van der Waals surface area contributed by atoms with Crippen molar-refractivity contribution in [3.05, 3.63) is 52.0 Å². The second kappa shape index (κ2) is 8.62. The van der Waals surface area contributed by atoms with Crippen LogP contribution in [-0.2, 0) is 4.74 Å². The van der Waals surface area contributed by atoms with Gasteiger partial charge in [0, 0.05) is 63.2 Å². The summed E-state index contributed by atoms with van der Waals surface area (Å²) >= 11 is 0. The second-order valence-corrected chi connectivity index (χ2v) is 8.06. The van der Waals surface area contributed by atoms with Crippen molar-refractivity contribution in [2.24, 2.45) is 0 Å². The highest BCUT2D eigenvalue weighted by Crippen LogP contribution is 2.28. The number of ether oxygens (including phenoxy) is 1. The number of amides is 1. The number of carbonyl (C=O) groups excluding carboxylic acids is 1. The van der Waals surface area contributed by atoms with Crippen LogP contribution in [0.3, 0.4) is 0 Å². The summed E-state index contributed by atoms with van der Waals surface area (Å²) < 4.78 is 7.12. The maximum Gasteiger partial charge on any atom is 0.270 e. The molecule has 0 atom stereocenters. The quantitative estimate of drug-likeness (QED) is 0.423. The third kappa shape index (κ3) is 4.04. The van der Waals surface area contributed by atoms with E-state index in [1.165, 1.54) is 18.5 Å². The molecule has 0 aliphatic carbocycles. The molecule has 12 heteroatoms. The number of rotatable bonds is 4. The van der Waals surface area contributed by atoms with Gasteiger partial charge in [0.1, 0.15) is 12.1 Å². The second-order valence-electron chi connectivity index (χ2n) is 8.06. The zero-order valence-electron chi connectivity index (χ0n) is 18.3. The molecule has 3 aromatic rings. The third-order valence-corrected chi connectivity index (χ3v) is 6.03. The molecule has 0 radical (unpaired) electrons. The van der Waals surface area contributed by atoms with Gasteiger partial charge in [0.15, 0.2) is 0 Å². The Kier molecular flexibility index (Phi) is 5.50. The first-order valence-corrected chi connectivity index (χ1v) is 10.8. The summed E-state index contributed by atoms with van der Waals surface area (Å²) in [5, 5.41) is 15.6. The standard InChI is InChI=1S/C21H24N8O4/c1-15-12-19(28-21(24-15)22-14-23-28)26-4-6-27(7-5-26)20(30)17-13-16(29(31)32)2-3-18(17)25-8-10-33-11-9-25/h2-3,12-14H,4-11H2,1H3. The van der Waals surface area contributed by atoms with Crippen molar-refractivity contribution >= 4 is 28.9 Å². The van der Waals surface area contributed by atoms with E-state index in [0.29, 0.717) is 69.5 Å². The molecular weight excluding hydrogens is 428 g/mol. The molecular formula is C21H24N8O4. The molecule has 0 unspecified atom stereocenters. The number of morpholine rings is 1. The number of non-ortho nitro benzene ring substituents is 1. The van der Waals surface area contributed by atoms with E-state index in [1.54, 1.807) is 15.5 Å². The minimum Gasteiger partial charge on any atom is -0.378 e. The van der Waals surface area contributed by atoms with Crippen molar-refractivity contribution in [2.75, 3.05) is 62.3 Å². The average molecular weight is 452 g/mol. The van der Waals surface area contributed by atoms with Gasteiger partial charge in [-0.2, -0.15) is 14.6 Å². The summed E-state index contributed by atoms with van der Waals surface area (Å²) in [7, 11) is 0. The molecule has 2 saturated heterocycles. The van der Waals surface area contributed by atoms with Crippen LogP contribution >= 0.6 is 0 Å². The molecule has 2 aliphatic rings. The van der Waals surface area contributed by atoms with Crippen LogP contribution in [0.4, 0.5) is 17.2 Å². The minimum atomic E-state index is -0.465. The lowest BCUT2D eigenvalue weighted by Gasteiger charge is -2.37. The minimum absolute atomic E-state index is 0.0881. The first-order chi connectivity index (χ1) is 16.0. The van der Waals surface area contributed by atoms with Crippen LogP contribution < -0.4 is 9.80 Å². The van der Waals surface area contributed by atoms with E-state index in [2.05, 4.69) is 24.9 Å². The maximum absolute atomic E-state index is 13.5. The van der Waals surface area contributed by atoms with Crippen molar-refractivity contribution in [1.29, 1.82) is 0 Å². The number of nitro groups is 1. The van der Waals surface area contributed by atoms with E-state index in [4.69, 9.17) is 4.74 Å². The number of hydrogen-bond donors (Lipinski definition) is 0. The van der Waals surface area contributed by atoms with Gasteiger partial charge in [-0.1, -0.05) is 0 Å². The molecule has 12 nitrogen and oxygen atoms in total. The Labute approximate surface area is 189 Å². The summed E-state index contributed by atoms with van der Waals surface area (Å²) in [6, 6.07) is 6.48. The number of piperazine rings is 1. The number of anilines is 2. The Morgan fingerprint density at radius 2 is 1.82 bits per heavy atom. The van der Waals surface area contributed by atoms with Gasteiger partial charge in [-0.15, -0.1) is 0 Å². The van der Waals surface area contributed by atoms with Crippen LogP contribution in [0.25, 0.3) is 5.78 Å². The number of benzene rings is 1. The Morgan fingerprint density at radius 3 is 2.55 bits per heavy atom. The first kappa shape index (κ1) is 21.1. The fourth-order valence-electron chi connectivity index (χ4n) is 4.33. The molecule has 172 valence electrons. The summed E-state index contributed by atoms with van der Waals surface area (Å²) in [4.78, 5) is 38.9. The molecule has 0 N–H and O–H groups in total. The highest BCUT2D eigenvalue weighted by atomic mass is 16.6. The Balaban J connectivity index is 1.37. The van der Waals surface area contributed by atoms with Crippen LogP contribution in [0.2, 0.25) is 0 Å². The SMILES string of the molecule is Cc1cc(N2CCN(C(=O)c3cc([N+](=O)[O-])ccc3N3CCOCC3)CC2)n2ncnc2n1. The van der Waals surface area contributed by atoms with Crippen LogP contribution in [-0.4, -0.2) is 87.8 Å². The molecule has 2 fully saturated rings. The average Bonchev–Trinajstić information content (AvgIpc) is 3.32. The van der Waals surface area contributed by atoms with E-state index < -0.39 is 4.92 Å². The topological polar surface area (TPSA) is 122 Å². The Morgan fingerprint density at radius 1 is 1.06 bits per heavy atom. The molecule has 0 saturated carbocycles. The first-order valence-electron chi connectivity index (χ1n) is 10.8. The van der Waals surface area contributed by atoms with Crippen molar-refractivity contribution in [2.45, 2.75) is 6.92 Å². The number of aromatic nitrogens is 4. The number of carbonyl (C=O) groups is 1. The lowest BCUT2D eigenvalue weighted by molar-refractivity contribution is -0.384. The molecule has 1 aromatic carbocycles. The van der Waals surface area contributed by atoms with E-state index in [9.17, 15) is 14.9 Å². The molecule has 33 heavy (non-hydrogen) atoms. The van der Waals surface area contributed by atoms with E-state index in [1.807, 2.05) is 13.0 Å². The van der Waals surface area contributed by atoms with Crippen LogP contribution in [0.1, 0.15) is 16.1 Å². The van der Waals surface area contributed by atoms with Crippen molar-refractivity contribution in [1.82, 2.24) is 24.5 Å². The van der Waals surface area contributed by atoms with Gasteiger partial charge < -0.3 is 19.4 Å². The van der Waals surface area contributed by atoms with Crippen molar-refractivity contribution in [3.63, 3.8) is 0 Å². The molecule has 5 rings (SSSR count). The predicted molar refractivity (Wildman–Crippen MR) is 120 cm³/mol. The summed E-state index contributed by atoms with van der Waals surface area (Å²) in [6.45, 7) is 6.49. The summed E-state index contributed by atoms with van der Waals surface area (Å²) in [5.74, 6) is 1.22. The number of nitrogens with zero attached hydrogens (tertiary/aromatic N) is 8. The molecule has 4 heterocycles. The smallest absolute Gasteiger partial charge is 0.270 e. The predicted octanol–water partition coefficient (Wildman–Crippen LogP) is 1.14. The number of fused-ring (bicyclic) bond motifs is 1. The molecule has 0 bridgehead atoms. The van der Waals surface area contributed by atoms with Crippen LogP contribution in [0.15, 0.2) is 30.6 Å². The van der Waals surface area contributed by atoms with Gasteiger partial charge in [0.25, 0.3) is 17.4 Å². The van der Waals surface area contributed by atoms with Gasteiger partial charge >= 0.3 is 0 Å². The van der Waals surface area contributed by atoms with Gasteiger partial charge in [0.2, 0.25) is 0 Å². The van der Waals surface area contributed by atoms with E-state index >= 15 is 0 Å². The highest BCUT2D eigenvalue weighted by molar-refractivity contribution is 6.00. The molecule has 0 spiro atoms. The zero-order valence-corrected chi connectivity index (χ0v) is 18.3. The fourth-order valence-corrected chi connectivity index (χ4v) is 4.33. The van der Waals surface area contributed by atoms with Gasteiger partial charge in [-0.05, 0) is 13.0 Å². The van der Waals surface area contributed by atoms with Crippen molar-refractivity contribution in [3.8, 4) is 0 Å². The molecule has 1 amide bonds. The third-order valence-electron chi connectivity index (χ3n) is 6.03.